The van der Waals surface area contributed by atoms with Crippen LogP contribution in [-0.2, 0) is 0 Å². The van der Waals surface area contributed by atoms with Crippen molar-refractivity contribution in [2.45, 2.75) is 31.7 Å². The third kappa shape index (κ3) is 2.62. The topological polar surface area (TPSA) is 24.1 Å². The molecule has 0 amide bonds. The molecule has 18 heavy (non-hydrogen) atoms. The first-order valence-corrected chi connectivity index (χ1v) is 7.32. The molecule has 0 aliphatic heterocycles. The van der Waals surface area contributed by atoms with Crippen molar-refractivity contribution in [3.63, 3.8) is 0 Å². The highest BCUT2D eigenvalue weighted by atomic mass is 35.5. The van der Waals surface area contributed by atoms with E-state index in [0.29, 0.717) is 6.04 Å². The molecule has 4 heteroatoms. The van der Waals surface area contributed by atoms with Crippen molar-refractivity contribution in [3.05, 3.63) is 29.3 Å². The number of halogens is 1. The molecule has 1 aromatic carbocycles. The molecule has 0 aromatic heterocycles. The summed E-state index contributed by atoms with van der Waals surface area (Å²) in [5.74, 6) is 1.77. The van der Waals surface area contributed by atoms with Gasteiger partial charge in [0.25, 0.3) is 0 Å². The van der Waals surface area contributed by atoms with E-state index in [4.69, 9.17) is 23.8 Å². The molecular weight excluding hydrogens is 264 g/mol. The summed E-state index contributed by atoms with van der Waals surface area (Å²) in [5, 5.41) is 8.15. The Hall–Kier alpha value is -0.800. The van der Waals surface area contributed by atoms with Gasteiger partial charge in [0, 0.05) is 16.8 Å². The summed E-state index contributed by atoms with van der Waals surface area (Å²) in [5.41, 5.74) is 0.986. The smallest absolute Gasteiger partial charge is 0.171 e. The first-order chi connectivity index (χ1) is 8.70. The van der Waals surface area contributed by atoms with Crippen molar-refractivity contribution in [1.82, 2.24) is 5.32 Å². The van der Waals surface area contributed by atoms with Crippen LogP contribution < -0.4 is 10.6 Å². The van der Waals surface area contributed by atoms with Gasteiger partial charge in [-0.25, -0.2) is 0 Å². The minimum absolute atomic E-state index is 0.580. The highest BCUT2D eigenvalue weighted by Crippen LogP contribution is 2.44. The maximum atomic E-state index is 5.85. The van der Waals surface area contributed by atoms with E-state index in [1.165, 1.54) is 25.7 Å². The summed E-state index contributed by atoms with van der Waals surface area (Å²) in [7, 11) is 0. The fraction of sp³-hybridized carbons (Fsp3) is 0.500. The van der Waals surface area contributed by atoms with Crippen LogP contribution in [0.1, 0.15) is 25.7 Å². The molecule has 0 unspecified atom stereocenters. The molecule has 3 rings (SSSR count). The van der Waals surface area contributed by atoms with Gasteiger partial charge in [-0.15, -0.1) is 0 Å². The first-order valence-electron chi connectivity index (χ1n) is 6.54. The van der Waals surface area contributed by atoms with E-state index in [1.54, 1.807) is 0 Å². The normalized spacial score (nSPS) is 29.3. The first kappa shape index (κ1) is 12.2. The van der Waals surface area contributed by atoms with Crippen LogP contribution in [0.5, 0.6) is 0 Å². The lowest BCUT2D eigenvalue weighted by Gasteiger charge is -2.24. The molecule has 3 atom stereocenters. The number of anilines is 1. The van der Waals surface area contributed by atoms with Gasteiger partial charge in [0.15, 0.2) is 5.11 Å². The number of fused-ring (bicyclic) bond motifs is 2. The molecule has 2 fully saturated rings. The van der Waals surface area contributed by atoms with E-state index < -0.39 is 0 Å². The molecule has 2 saturated carbocycles. The summed E-state index contributed by atoms with van der Waals surface area (Å²) >= 11 is 11.2. The van der Waals surface area contributed by atoms with Gasteiger partial charge in [0.2, 0.25) is 0 Å². The summed E-state index contributed by atoms with van der Waals surface area (Å²) < 4.78 is 0. The van der Waals surface area contributed by atoms with E-state index in [1.807, 2.05) is 24.3 Å². The van der Waals surface area contributed by atoms with Crippen molar-refractivity contribution >= 4 is 34.6 Å². The van der Waals surface area contributed by atoms with E-state index in [9.17, 15) is 0 Å². The predicted molar refractivity (Wildman–Crippen MR) is 80.0 cm³/mol. The second-order valence-electron chi connectivity index (χ2n) is 5.39. The Kier molecular flexibility index (Phi) is 3.44. The number of rotatable bonds is 2. The molecule has 2 aliphatic carbocycles. The van der Waals surface area contributed by atoms with Crippen LogP contribution in [0.3, 0.4) is 0 Å². The molecule has 2 aliphatic rings. The van der Waals surface area contributed by atoms with Crippen LogP contribution in [0.25, 0.3) is 0 Å². The Bertz CT molecular complexity index is 446. The minimum atomic E-state index is 0.580. The number of benzene rings is 1. The quantitative estimate of drug-likeness (QED) is 0.806. The zero-order valence-corrected chi connectivity index (χ0v) is 11.7. The van der Waals surface area contributed by atoms with Gasteiger partial charge < -0.3 is 10.6 Å². The lowest BCUT2D eigenvalue weighted by molar-refractivity contribution is 0.392. The van der Waals surface area contributed by atoms with E-state index in [-0.39, 0.29) is 0 Å². The van der Waals surface area contributed by atoms with Crippen molar-refractivity contribution in [2.75, 3.05) is 5.32 Å². The fourth-order valence-corrected chi connectivity index (χ4v) is 3.69. The fourth-order valence-electron chi connectivity index (χ4n) is 3.29. The molecule has 2 nitrogen and oxygen atoms in total. The van der Waals surface area contributed by atoms with Gasteiger partial charge in [0.05, 0.1) is 0 Å². The molecule has 2 bridgehead atoms. The maximum Gasteiger partial charge on any atom is 0.171 e. The van der Waals surface area contributed by atoms with Crippen molar-refractivity contribution in [2.24, 2.45) is 11.8 Å². The summed E-state index contributed by atoms with van der Waals surface area (Å²) in [6.45, 7) is 0. The third-order valence-corrected chi connectivity index (χ3v) is 4.63. The number of hydrogen-bond acceptors (Lipinski definition) is 1. The predicted octanol–water partition coefficient (Wildman–Crippen LogP) is 3.82. The van der Waals surface area contributed by atoms with Crippen LogP contribution >= 0.6 is 23.8 Å². The molecule has 0 spiro atoms. The van der Waals surface area contributed by atoms with Gasteiger partial charge in [-0.05, 0) is 67.6 Å². The Balaban J connectivity index is 1.54. The van der Waals surface area contributed by atoms with Crippen LogP contribution in [0.15, 0.2) is 24.3 Å². The van der Waals surface area contributed by atoms with Gasteiger partial charge in [-0.1, -0.05) is 18.0 Å². The molecule has 0 saturated heterocycles. The van der Waals surface area contributed by atoms with E-state index in [0.717, 1.165) is 27.7 Å². The van der Waals surface area contributed by atoms with Crippen molar-refractivity contribution < 1.29 is 0 Å². The second-order valence-corrected chi connectivity index (χ2v) is 6.23. The molecule has 0 radical (unpaired) electrons. The van der Waals surface area contributed by atoms with Gasteiger partial charge in [-0.2, -0.15) is 0 Å². The standard InChI is InChI=1S/C14H17ClN2S/c15-11-3-5-12(6-4-11)16-14(18)17-13-8-9-1-2-10(13)7-9/h3-6,9-10,13H,1-2,7-8H2,(H2,16,17,18)/t9-,10-,13-/m0/s1. The largest absolute Gasteiger partial charge is 0.359 e. The molecule has 0 heterocycles. The van der Waals surface area contributed by atoms with Crippen molar-refractivity contribution in [3.8, 4) is 0 Å². The zero-order valence-electron chi connectivity index (χ0n) is 10.2. The Morgan fingerprint density at radius 1 is 1.17 bits per heavy atom. The lowest BCUT2D eigenvalue weighted by atomic mass is 9.96. The number of hydrogen-bond donors (Lipinski definition) is 2. The average Bonchev–Trinajstić information content (AvgIpc) is 2.94. The summed E-state index contributed by atoms with van der Waals surface area (Å²) in [4.78, 5) is 0. The minimum Gasteiger partial charge on any atom is -0.359 e. The molecular formula is C14H17ClN2S. The Morgan fingerprint density at radius 3 is 2.56 bits per heavy atom. The summed E-state index contributed by atoms with van der Waals surface area (Å²) in [6, 6.07) is 8.19. The number of thiocarbonyl (C=S) groups is 1. The van der Waals surface area contributed by atoms with Gasteiger partial charge in [-0.3, -0.25) is 0 Å². The number of nitrogens with one attached hydrogen (secondary N) is 2. The molecule has 2 N–H and O–H groups in total. The average molecular weight is 281 g/mol. The maximum absolute atomic E-state index is 5.85. The molecule has 96 valence electrons. The van der Waals surface area contributed by atoms with E-state index >= 15 is 0 Å². The van der Waals surface area contributed by atoms with Crippen LogP contribution in [-0.4, -0.2) is 11.2 Å². The van der Waals surface area contributed by atoms with Crippen LogP contribution in [0, 0.1) is 11.8 Å². The van der Waals surface area contributed by atoms with Gasteiger partial charge >= 0.3 is 0 Å². The van der Waals surface area contributed by atoms with Crippen LogP contribution in [0.4, 0.5) is 5.69 Å². The summed E-state index contributed by atoms with van der Waals surface area (Å²) in [6.07, 6.45) is 5.46. The highest BCUT2D eigenvalue weighted by molar-refractivity contribution is 7.80. The van der Waals surface area contributed by atoms with Gasteiger partial charge in [0.1, 0.15) is 0 Å². The van der Waals surface area contributed by atoms with Crippen LogP contribution in [0.2, 0.25) is 5.02 Å². The highest BCUT2D eigenvalue weighted by Gasteiger charge is 2.39. The SMILES string of the molecule is S=C(Nc1ccc(Cl)cc1)N[C@H]1C[C@H]2CC[C@H]1C2. The van der Waals surface area contributed by atoms with E-state index in [2.05, 4.69) is 10.6 Å². The Morgan fingerprint density at radius 2 is 1.94 bits per heavy atom. The Labute approximate surface area is 118 Å². The monoisotopic (exact) mass is 280 g/mol. The second kappa shape index (κ2) is 5.06. The lowest BCUT2D eigenvalue weighted by Crippen LogP contribution is -2.40. The third-order valence-electron chi connectivity index (χ3n) is 4.16. The van der Waals surface area contributed by atoms with Crippen molar-refractivity contribution in [1.29, 1.82) is 0 Å². The zero-order chi connectivity index (χ0) is 12.5. The molecule has 1 aromatic rings.